The highest BCUT2D eigenvalue weighted by molar-refractivity contribution is 5.62. The first-order valence-corrected chi connectivity index (χ1v) is 11.8. The number of phenols is 1. The molecule has 5 rings (SSSR count). The highest BCUT2D eigenvalue weighted by Crippen LogP contribution is 2.43. The van der Waals surface area contributed by atoms with Gasteiger partial charge in [-0.15, -0.1) is 0 Å². The molecule has 4 heteroatoms. The molecule has 2 aliphatic rings. The number of pyridine rings is 1. The maximum Gasteiger partial charge on any atom is 0.115 e. The first-order valence-electron chi connectivity index (χ1n) is 11.8. The third kappa shape index (κ3) is 4.17. The maximum atomic E-state index is 10.1. The molecule has 0 radical (unpaired) electrons. The number of fused-ring (bicyclic) bond motifs is 1. The Balaban J connectivity index is 1.27. The number of benzene rings is 2. The summed E-state index contributed by atoms with van der Waals surface area (Å²) < 4.78 is 0. The number of aromatic hydroxyl groups is 1. The minimum Gasteiger partial charge on any atom is -0.508 e. The molecular weight excluding hydrogens is 394 g/mol. The van der Waals surface area contributed by atoms with Crippen molar-refractivity contribution in [2.24, 2.45) is 5.92 Å². The summed E-state index contributed by atoms with van der Waals surface area (Å²) in [5, 5.41) is 10.1. The monoisotopic (exact) mass is 427 g/mol. The molecular formula is C28H33N3O. The number of aromatic nitrogens is 1. The fourth-order valence-electron chi connectivity index (χ4n) is 5.65. The molecule has 2 saturated heterocycles. The molecule has 0 saturated carbocycles. The topological polar surface area (TPSA) is 39.6 Å². The van der Waals surface area contributed by atoms with Gasteiger partial charge in [-0.1, -0.05) is 50.2 Å². The van der Waals surface area contributed by atoms with Crippen molar-refractivity contribution >= 4 is 0 Å². The molecule has 3 atom stereocenters. The molecule has 2 fully saturated rings. The molecule has 0 spiro atoms. The summed E-state index contributed by atoms with van der Waals surface area (Å²) in [6, 6.07) is 21.6. The summed E-state index contributed by atoms with van der Waals surface area (Å²) in [4.78, 5) is 9.42. The van der Waals surface area contributed by atoms with Crippen molar-refractivity contribution in [3.05, 3.63) is 84.2 Å². The van der Waals surface area contributed by atoms with Crippen LogP contribution in [0.5, 0.6) is 5.75 Å². The zero-order chi connectivity index (χ0) is 22.1. The summed E-state index contributed by atoms with van der Waals surface area (Å²) in [5.74, 6) is 0.937. The Kier molecular flexibility index (Phi) is 5.75. The summed E-state index contributed by atoms with van der Waals surface area (Å²) in [7, 11) is 0. The molecule has 0 aliphatic carbocycles. The lowest BCUT2D eigenvalue weighted by atomic mass is 9.65. The second-order valence-corrected chi connectivity index (χ2v) is 9.89. The molecule has 3 heterocycles. The summed E-state index contributed by atoms with van der Waals surface area (Å²) in [5.41, 5.74) is 5.19. The van der Waals surface area contributed by atoms with E-state index in [4.69, 9.17) is 0 Å². The molecule has 2 aliphatic heterocycles. The minimum atomic E-state index is 0.0924. The van der Waals surface area contributed by atoms with Crippen LogP contribution in [0.15, 0.2) is 73.1 Å². The van der Waals surface area contributed by atoms with Gasteiger partial charge in [0.05, 0.1) is 0 Å². The average molecular weight is 428 g/mol. The van der Waals surface area contributed by atoms with Crippen molar-refractivity contribution in [2.75, 3.05) is 26.2 Å². The van der Waals surface area contributed by atoms with Crippen molar-refractivity contribution in [3.8, 4) is 16.9 Å². The zero-order valence-corrected chi connectivity index (χ0v) is 19.1. The highest BCUT2D eigenvalue weighted by Gasteiger charge is 2.44. The van der Waals surface area contributed by atoms with Gasteiger partial charge in [-0.05, 0) is 64.3 Å². The van der Waals surface area contributed by atoms with E-state index in [1.165, 1.54) is 22.3 Å². The number of hydrogen-bond donors (Lipinski definition) is 1. The SMILES string of the molecule is C[C@H]1CN2CCN(Cc3ccc(-c4ccncc4)cc3)C[C@H]2CC1(C)c1cccc(O)c1. The van der Waals surface area contributed by atoms with Gasteiger partial charge in [0.15, 0.2) is 0 Å². The van der Waals surface area contributed by atoms with E-state index in [1.807, 2.05) is 24.5 Å². The van der Waals surface area contributed by atoms with E-state index < -0.39 is 0 Å². The van der Waals surface area contributed by atoms with Crippen molar-refractivity contribution in [3.63, 3.8) is 0 Å². The largest absolute Gasteiger partial charge is 0.508 e. The van der Waals surface area contributed by atoms with Crippen LogP contribution < -0.4 is 0 Å². The quantitative estimate of drug-likeness (QED) is 0.640. The van der Waals surface area contributed by atoms with Crippen LogP contribution in [0.25, 0.3) is 11.1 Å². The lowest BCUT2D eigenvalue weighted by molar-refractivity contribution is -0.00557. The van der Waals surface area contributed by atoms with Gasteiger partial charge in [0, 0.05) is 51.2 Å². The van der Waals surface area contributed by atoms with Crippen molar-refractivity contribution < 1.29 is 5.11 Å². The Hall–Kier alpha value is -2.69. The number of hydrogen-bond acceptors (Lipinski definition) is 4. The second-order valence-electron chi connectivity index (χ2n) is 9.89. The van der Waals surface area contributed by atoms with E-state index >= 15 is 0 Å². The average Bonchev–Trinajstić information content (AvgIpc) is 2.81. The van der Waals surface area contributed by atoms with Crippen molar-refractivity contribution in [2.45, 2.75) is 38.3 Å². The number of piperazine rings is 1. The Morgan fingerprint density at radius 2 is 1.72 bits per heavy atom. The molecule has 1 N–H and O–H groups in total. The van der Waals surface area contributed by atoms with Gasteiger partial charge in [-0.3, -0.25) is 14.8 Å². The van der Waals surface area contributed by atoms with Gasteiger partial charge in [-0.2, -0.15) is 0 Å². The van der Waals surface area contributed by atoms with Crippen molar-refractivity contribution in [1.82, 2.24) is 14.8 Å². The third-order valence-electron chi connectivity index (χ3n) is 7.82. The molecule has 32 heavy (non-hydrogen) atoms. The Morgan fingerprint density at radius 1 is 0.969 bits per heavy atom. The summed E-state index contributed by atoms with van der Waals surface area (Å²) in [6.07, 6.45) is 4.83. The number of nitrogens with zero attached hydrogens (tertiary/aromatic N) is 3. The predicted molar refractivity (Wildman–Crippen MR) is 130 cm³/mol. The zero-order valence-electron chi connectivity index (χ0n) is 19.1. The van der Waals surface area contributed by atoms with Crippen LogP contribution in [-0.4, -0.2) is 52.1 Å². The van der Waals surface area contributed by atoms with Crippen LogP contribution in [0.3, 0.4) is 0 Å². The van der Waals surface area contributed by atoms with Gasteiger partial charge in [0.1, 0.15) is 5.75 Å². The summed E-state index contributed by atoms with van der Waals surface area (Å²) in [6.45, 7) is 10.3. The molecule has 4 nitrogen and oxygen atoms in total. The maximum absolute atomic E-state index is 10.1. The summed E-state index contributed by atoms with van der Waals surface area (Å²) >= 11 is 0. The molecule has 1 unspecified atom stereocenters. The molecule has 0 amide bonds. The van der Waals surface area contributed by atoms with E-state index in [2.05, 4.69) is 71.1 Å². The first kappa shape index (κ1) is 21.2. The molecule has 0 bridgehead atoms. The predicted octanol–water partition coefficient (Wildman–Crippen LogP) is 4.94. The molecule has 2 aromatic carbocycles. The van der Waals surface area contributed by atoms with Gasteiger partial charge in [0.2, 0.25) is 0 Å². The Morgan fingerprint density at radius 3 is 2.47 bits per heavy atom. The third-order valence-corrected chi connectivity index (χ3v) is 7.82. The number of phenolic OH excluding ortho intramolecular Hbond substituents is 1. The van der Waals surface area contributed by atoms with E-state index in [0.717, 1.165) is 39.1 Å². The Labute approximate surface area is 191 Å². The Bertz CT molecular complexity index is 1050. The highest BCUT2D eigenvalue weighted by atomic mass is 16.3. The number of rotatable bonds is 4. The minimum absolute atomic E-state index is 0.0924. The van der Waals surface area contributed by atoms with Gasteiger partial charge in [-0.25, -0.2) is 0 Å². The fraction of sp³-hybridized carbons (Fsp3) is 0.393. The second kappa shape index (κ2) is 8.68. The fourth-order valence-corrected chi connectivity index (χ4v) is 5.65. The van der Waals surface area contributed by atoms with Gasteiger partial charge >= 0.3 is 0 Å². The lowest BCUT2D eigenvalue weighted by Crippen LogP contribution is -2.60. The van der Waals surface area contributed by atoms with Crippen molar-refractivity contribution in [1.29, 1.82) is 0 Å². The van der Waals surface area contributed by atoms with E-state index in [9.17, 15) is 5.11 Å². The van der Waals surface area contributed by atoms with Crippen LogP contribution >= 0.6 is 0 Å². The van der Waals surface area contributed by atoms with Crippen LogP contribution in [0.1, 0.15) is 31.4 Å². The van der Waals surface area contributed by atoms with Crippen LogP contribution in [0, 0.1) is 5.92 Å². The standard InChI is InChI=1S/C28H33N3O/c1-21-18-31-15-14-30(19-22-6-8-23(9-7-22)24-10-12-29-13-11-24)20-26(31)17-28(21,2)25-4-3-5-27(32)16-25/h3-13,16,21,26,32H,14-15,17-20H2,1-2H3/t21-,26+,28?/m0/s1. The molecule has 1 aromatic heterocycles. The van der Waals surface area contributed by atoms with Crippen LogP contribution in [0.2, 0.25) is 0 Å². The first-order chi connectivity index (χ1) is 15.5. The van der Waals surface area contributed by atoms with Crippen LogP contribution in [-0.2, 0) is 12.0 Å². The number of piperidine rings is 1. The smallest absolute Gasteiger partial charge is 0.115 e. The normalized spacial score (nSPS) is 26.6. The molecule has 166 valence electrons. The van der Waals surface area contributed by atoms with E-state index in [-0.39, 0.29) is 5.41 Å². The van der Waals surface area contributed by atoms with Gasteiger partial charge in [0.25, 0.3) is 0 Å². The van der Waals surface area contributed by atoms with E-state index in [1.54, 1.807) is 6.07 Å². The molecule has 3 aromatic rings. The van der Waals surface area contributed by atoms with E-state index in [0.29, 0.717) is 17.7 Å². The van der Waals surface area contributed by atoms with Crippen LogP contribution in [0.4, 0.5) is 0 Å². The van der Waals surface area contributed by atoms with Gasteiger partial charge < -0.3 is 5.11 Å². The lowest BCUT2D eigenvalue weighted by Gasteiger charge is -2.53.